The number of aryl methyl sites for hydroxylation is 1. The number of ether oxygens (including phenoxy) is 2. The molecule has 0 spiro atoms. The average Bonchev–Trinajstić information content (AvgIpc) is 2.80. The SMILES string of the molecule is CCOC(=O)c1ccc(Oc2cc(C)ccc2NC(=O)c2cccc([N+](=O)[O-])c2)cc1C(=O)O. The first-order valence-corrected chi connectivity index (χ1v) is 10.1. The predicted molar refractivity (Wildman–Crippen MR) is 122 cm³/mol. The highest BCUT2D eigenvalue weighted by atomic mass is 16.6. The Morgan fingerprint density at radius 1 is 1.03 bits per heavy atom. The fourth-order valence-corrected chi connectivity index (χ4v) is 3.05. The van der Waals surface area contributed by atoms with Crippen molar-refractivity contribution in [3.8, 4) is 11.5 Å². The fraction of sp³-hybridized carbons (Fsp3) is 0.125. The number of carbonyl (C=O) groups is 3. The molecule has 0 saturated carbocycles. The van der Waals surface area contributed by atoms with Crippen LogP contribution >= 0.6 is 0 Å². The monoisotopic (exact) mass is 464 g/mol. The van der Waals surface area contributed by atoms with Gasteiger partial charge in [0.1, 0.15) is 5.75 Å². The van der Waals surface area contributed by atoms with E-state index >= 15 is 0 Å². The van der Waals surface area contributed by atoms with Crippen LogP contribution in [0, 0.1) is 17.0 Å². The topological polar surface area (TPSA) is 145 Å². The Labute approximate surface area is 193 Å². The second-order valence-electron chi connectivity index (χ2n) is 7.10. The van der Waals surface area contributed by atoms with Crippen LogP contribution in [0.4, 0.5) is 11.4 Å². The Morgan fingerprint density at radius 3 is 2.47 bits per heavy atom. The van der Waals surface area contributed by atoms with Crippen LogP contribution in [0.25, 0.3) is 0 Å². The van der Waals surface area contributed by atoms with Crippen LogP contribution in [0.3, 0.4) is 0 Å². The van der Waals surface area contributed by atoms with Gasteiger partial charge in [0, 0.05) is 17.7 Å². The van der Waals surface area contributed by atoms with Gasteiger partial charge < -0.3 is 19.9 Å². The van der Waals surface area contributed by atoms with Gasteiger partial charge in [0.05, 0.1) is 28.3 Å². The maximum Gasteiger partial charge on any atom is 0.339 e. The zero-order valence-corrected chi connectivity index (χ0v) is 18.2. The minimum atomic E-state index is -1.34. The molecule has 10 nitrogen and oxygen atoms in total. The van der Waals surface area contributed by atoms with E-state index in [2.05, 4.69) is 5.32 Å². The number of hydrogen-bond acceptors (Lipinski definition) is 7. The van der Waals surface area contributed by atoms with E-state index in [0.717, 1.165) is 11.6 Å². The summed E-state index contributed by atoms with van der Waals surface area (Å²) in [5, 5.41) is 23.1. The molecular formula is C24H20N2O8. The second kappa shape index (κ2) is 10.3. The summed E-state index contributed by atoms with van der Waals surface area (Å²) in [5.41, 5.74) is 0.484. The van der Waals surface area contributed by atoms with Crippen molar-refractivity contribution >= 4 is 29.2 Å². The molecule has 0 aliphatic rings. The lowest BCUT2D eigenvalue weighted by molar-refractivity contribution is -0.384. The molecule has 0 saturated heterocycles. The van der Waals surface area contributed by atoms with Crippen LogP contribution in [-0.2, 0) is 4.74 Å². The van der Waals surface area contributed by atoms with E-state index in [1.807, 2.05) is 0 Å². The largest absolute Gasteiger partial charge is 0.478 e. The predicted octanol–water partition coefficient (Wildman–Crippen LogP) is 4.82. The number of nitro groups is 1. The van der Waals surface area contributed by atoms with Crippen LogP contribution in [0.1, 0.15) is 43.6 Å². The number of non-ortho nitro benzene ring substituents is 1. The molecule has 0 bridgehead atoms. The van der Waals surface area contributed by atoms with Crippen molar-refractivity contribution in [1.82, 2.24) is 0 Å². The minimum absolute atomic E-state index is 0.0766. The van der Waals surface area contributed by atoms with Crippen LogP contribution in [-0.4, -0.2) is 34.5 Å². The van der Waals surface area contributed by atoms with E-state index in [0.29, 0.717) is 0 Å². The van der Waals surface area contributed by atoms with Crippen molar-refractivity contribution in [3.63, 3.8) is 0 Å². The van der Waals surface area contributed by atoms with Crippen molar-refractivity contribution < 1.29 is 33.9 Å². The third kappa shape index (κ3) is 5.54. The van der Waals surface area contributed by atoms with Gasteiger partial charge in [0.25, 0.3) is 11.6 Å². The standard InChI is InChI=1S/C24H20N2O8/c1-3-33-24(30)18-9-8-17(13-19(18)23(28)29)34-21-11-14(2)7-10-20(21)25-22(27)15-5-4-6-16(12-15)26(31)32/h4-13H,3H2,1-2H3,(H,25,27)(H,28,29). The summed E-state index contributed by atoms with van der Waals surface area (Å²) in [6.45, 7) is 3.50. The first-order valence-electron chi connectivity index (χ1n) is 10.1. The summed E-state index contributed by atoms with van der Waals surface area (Å²) in [4.78, 5) is 46.8. The number of esters is 1. The van der Waals surface area contributed by atoms with Gasteiger partial charge in [-0.2, -0.15) is 0 Å². The van der Waals surface area contributed by atoms with Gasteiger partial charge in [-0.3, -0.25) is 14.9 Å². The number of hydrogen-bond donors (Lipinski definition) is 2. The third-order valence-electron chi connectivity index (χ3n) is 4.65. The number of carbonyl (C=O) groups excluding carboxylic acids is 2. The summed E-state index contributed by atoms with van der Waals surface area (Å²) in [6.07, 6.45) is 0. The summed E-state index contributed by atoms with van der Waals surface area (Å²) < 4.78 is 10.7. The van der Waals surface area contributed by atoms with Crippen molar-refractivity contribution in [1.29, 1.82) is 0 Å². The summed E-state index contributed by atoms with van der Waals surface area (Å²) in [6, 6.07) is 14.1. The fourth-order valence-electron chi connectivity index (χ4n) is 3.05. The Balaban J connectivity index is 1.91. The van der Waals surface area contributed by atoms with Crippen LogP contribution in [0.5, 0.6) is 11.5 Å². The van der Waals surface area contributed by atoms with E-state index in [-0.39, 0.29) is 46.2 Å². The van der Waals surface area contributed by atoms with Crippen LogP contribution in [0.2, 0.25) is 0 Å². The molecule has 3 aromatic carbocycles. The highest BCUT2D eigenvalue weighted by Gasteiger charge is 2.20. The quantitative estimate of drug-likeness (QED) is 0.274. The molecule has 1 amide bonds. The van der Waals surface area contributed by atoms with Crippen LogP contribution in [0.15, 0.2) is 60.7 Å². The number of amides is 1. The van der Waals surface area contributed by atoms with E-state index in [4.69, 9.17) is 9.47 Å². The van der Waals surface area contributed by atoms with E-state index in [1.165, 1.54) is 36.4 Å². The highest BCUT2D eigenvalue weighted by molar-refractivity contribution is 6.05. The maximum absolute atomic E-state index is 12.7. The van der Waals surface area contributed by atoms with E-state index in [1.54, 1.807) is 32.0 Å². The molecule has 3 rings (SSSR count). The van der Waals surface area contributed by atoms with Crippen molar-refractivity contribution in [2.75, 3.05) is 11.9 Å². The van der Waals surface area contributed by atoms with Crippen LogP contribution < -0.4 is 10.1 Å². The molecule has 174 valence electrons. The van der Waals surface area contributed by atoms with Gasteiger partial charge in [-0.15, -0.1) is 0 Å². The van der Waals surface area contributed by atoms with Crippen molar-refractivity contribution in [3.05, 3.63) is 93.0 Å². The number of carboxylic acid groups (broad SMARTS) is 1. The van der Waals surface area contributed by atoms with Gasteiger partial charge in [0.15, 0.2) is 5.75 Å². The van der Waals surface area contributed by atoms with Gasteiger partial charge in [-0.25, -0.2) is 9.59 Å². The zero-order chi connectivity index (χ0) is 24.8. The summed E-state index contributed by atoms with van der Waals surface area (Å²) in [5.74, 6) is -2.38. The molecule has 0 aliphatic carbocycles. The molecule has 0 aromatic heterocycles. The Kier molecular flexibility index (Phi) is 7.22. The number of nitrogens with one attached hydrogen (secondary N) is 1. The number of nitrogens with zero attached hydrogens (tertiary/aromatic N) is 1. The normalized spacial score (nSPS) is 10.3. The number of rotatable bonds is 8. The Bertz CT molecular complexity index is 1290. The number of benzene rings is 3. The molecule has 3 aromatic rings. The molecule has 0 radical (unpaired) electrons. The number of nitro benzene ring substituents is 1. The lowest BCUT2D eigenvalue weighted by Gasteiger charge is -2.14. The van der Waals surface area contributed by atoms with Gasteiger partial charge in [-0.1, -0.05) is 12.1 Å². The van der Waals surface area contributed by atoms with Gasteiger partial charge in [-0.05, 0) is 55.8 Å². The molecule has 0 unspecified atom stereocenters. The van der Waals surface area contributed by atoms with Crippen molar-refractivity contribution in [2.45, 2.75) is 13.8 Å². The van der Waals surface area contributed by atoms with Gasteiger partial charge in [0.2, 0.25) is 0 Å². The summed E-state index contributed by atoms with van der Waals surface area (Å²) >= 11 is 0. The first-order chi connectivity index (χ1) is 16.2. The Hall–Kier alpha value is -4.73. The lowest BCUT2D eigenvalue weighted by Crippen LogP contribution is -2.13. The second-order valence-corrected chi connectivity index (χ2v) is 7.10. The zero-order valence-electron chi connectivity index (χ0n) is 18.2. The number of carboxylic acids is 1. The summed E-state index contributed by atoms with van der Waals surface area (Å²) in [7, 11) is 0. The molecule has 0 aliphatic heterocycles. The number of aromatic carboxylic acids is 1. The molecular weight excluding hydrogens is 444 g/mol. The molecule has 34 heavy (non-hydrogen) atoms. The molecule has 2 N–H and O–H groups in total. The van der Waals surface area contributed by atoms with E-state index in [9.17, 15) is 29.6 Å². The van der Waals surface area contributed by atoms with Gasteiger partial charge >= 0.3 is 11.9 Å². The molecule has 0 fully saturated rings. The number of anilines is 1. The van der Waals surface area contributed by atoms with E-state index < -0.39 is 22.8 Å². The highest BCUT2D eigenvalue weighted by Crippen LogP contribution is 2.32. The molecule has 0 heterocycles. The molecule has 10 heteroatoms. The Morgan fingerprint density at radius 2 is 1.79 bits per heavy atom. The molecule has 0 atom stereocenters. The van der Waals surface area contributed by atoms with Crippen molar-refractivity contribution in [2.24, 2.45) is 0 Å². The smallest absolute Gasteiger partial charge is 0.339 e. The minimum Gasteiger partial charge on any atom is -0.478 e. The lowest BCUT2D eigenvalue weighted by atomic mass is 10.1. The average molecular weight is 464 g/mol. The first kappa shape index (κ1) is 23.9. The third-order valence-corrected chi connectivity index (χ3v) is 4.65. The maximum atomic E-state index is 12.7.